The zero-order valence-electron chi connectivity index (χ0n) is 17.4. The van der Waals surface area contributed by atoms with Crippen LogP contribution in [0.25, 0.3) is 23.0 Å². The van der Waals surface area contributed by atoms with Crippen molar-refractivity contribution in [2.75, 3.05) is 0 Å². The Labute approximate surface area is 169 Å². The van der Waals surface area contributed by atoms with Gasteiger partial charge in [0.05, 0.1) is 5.69 Å². The number of aromatic nitrogens is 3. The van der Waals surface area contributed by atoms with E-state index in [1.54, 1.807) is 78.2 Å². The molecule has 8 nitrogen and oxygen atoms in total. The van der Waals surface area contributed by atoms with E-state index in [0.717, 1.165) is 0 Å². The van der Waals surface area contributed by atoms with Gasteiger partial charge in [-0.15, -0.1) is 0 Å². The molecule has 0 fully saturated rings. The first-order chi connectivity index (χ1) is 13.4. The van der Waals surface area contributed by atoms with Gasteiger partial charge in [0.25, 0.3) is 0 Å². The van der Waals surface area contributed by atoms with Gasteiger partial charge in [0, 0.05) is 12.4 Å². The molecule has 0 aliphatic rings. The van der Waals surface area contributed by atoms with Gasteiger partial charge in [0.2, 0.25) is 5.89 Å². The van der Waals surface area contributed by atoms with Crippen molar-refractivity contribution in [1.29, 1.82) is 0 Å². The predicted octanol–water partition coefficient (Wildman–Crippen LogP) is 5.18. The topological polar surface area (TPSA) is 88.5 Å². The van der Waals surface area contributed by atoms with Gasteiger partial charge >= 0.3 is 12.2 Å². The van der Waals surface area contributed by atoms with E-state index in [-0.39, 0.29) is 5.89 Å². The van der Waals surface area contributed by atoms with Crippen molar-refractivity contribution in [2.24, 2.45) is 0 Å². The van der Waals surface area contributed by atoms with Crippen LogP contribution in [0.1, 0.15) is 41.5 Å². The number of hydrogen-bond acceptors (Lipinski definition) is 6. The van der Waals surface area contributed by atoms with Crippen LogP contribution in [0, 0.1) is 0 Å². The second-order valence-electron chi connectivity index (χ2n) is 8.53. The Morgan fingerprint density at radius 2 is 1.34 bits per heavy atom. The molecular weight excluding hydrogens is 374 g/mol. The molecule has 0 bridgehead atoms. The lowest BCUT2D eigenvalue weighted by molar-refractivity contribution is 0.0528. The van der Waals surface area contributed by atoms with Crippen LogP contribution in [0.15, 0.2) is 47.3 Å². The van der Waals surface area contributed by atoms with Crippen molar-refractivity contribution in [3.8, 4) is 23.0 Å². The van der Waals surface area contributed by atoms with E-state index in [4.69, 9.17) is 13.9 Å². The highest BCUT2D eigenvalue weighted by molar-refractivity contribution is 5.79. The molecule has 3 aromatic rings. The van der Waals surface area contributed by atoms with Crippen LogP contribution in [-0.4, -0.2) is 37.5 Å². The number of ether oxygens (including phenoxy) is 2. The fourth-order valence-electron chi connectivity index (χ4n) is 2.59. The summed E-state index contributed by atoms with van der Waals surface area (Å²) in [4.78, 5) is 29.3. The van der Waals surface area contributed by atoms with E-state index < -0.39 is 23.4 Å². The third-order valence-corrected chi connectivity index (χ3v) is 3.66. The summed E-state index contributed by atoms with van der Waals surface area (Å²) in [5.74, 6) is 0.229. The van der Waals surface area contributed by atoms with Crippen LogP contribution in [0.2, 0.25) is 0 Å². The van der Waals surface area contributed by atoms with Crippen LogP contribution in [0.3, 0.4) is 0 Å². The Morgan fingerprint density at radius 1 is 0.862 bits per heavy atom. The molecule has 8 heteroatoms. The maximum absolute atomic E-state index is 12.4. The summed E-state index contributed by atoms with van der Waals surface area (Å²) < 4.78 is 19.1. The molecular formula is C21H25N3O5. The molecule has 0 radical (unpaired) electrons. The first-order valence-electron chi connectivity index (χ1n) is 9.22. The van der Waals surface area contributed by atoms with E-state index in [9.17, 15) is 9.59 Å². The molecule has 0 N–H and O–H groups in total. The maximum atomic E-state index is 12.4. The lowest BCUT2D eigenvalue weighted by Crippen LogP contribution is -2.27. The minimum Gasteiger partial charge on any atom is -0.443 e. The lowest BCUT2D eigenvalue weighted by atomic mass is 10.2. The summed E-state index contributed by atoms with van der Waals surface area (Å²) in [6, 6.07) is 6.86. The minimum atomic E-state index is -0.630. The molecule has 0 unspecified atom stereocenters. The zero-order valence-corrected chi connectivity index (χ0v) is 17.4. The summed E-state index contributed by atoms with van der Waals surface area (Å²) in [7, 11) is 0. The summed E-state index contributed by atoms with van der Waals surface area (Å²) >= 11 is 0. The van der Waals surface area contributed by atoms with Gasteiger partial charge in [0.1, 0.15) is 28.9 Å². The highest BCUT2D eigenvalue weighted by atomic mass is 16.6. The molecule has 0 aromatic carbocycles. The van der Waals surface area contributed by atoms with Crippen molar-refractivity contribution in [1.82, 2.24) is 14.1 Å². The molecule has 0 atom stereocenters. The Hall–Kier alpha value is -3.29. The zero-order chi connectivity index (χ0) is 21.4. The van der Waals surface area contributed by atoms with Gasteiger partial charge in [0.15, 0.2) is 0 Å². The molecule has 0 aliphatic heterocycles. The Bertz CT molecular complexity index is 947. The Kier molecular flexibility index (Phi) is 5.13. The number of nitrogens with zero attached hydrogens (tertiary/aromatic N) is 3. The minimum absolute atomic E-state index is 0.229. The second-order valence-corrected chi connectivity index (χ2v) is 8.53. The van der Waals surface area contributed by atoms with E-state index in [0.29, 0.717) is 17.1 Å². The van der Waals surface area contributed by atoms with E-state index in [1.807, 2.05) is 0 Å². The van der Waals surface area contributed by atoms with Gasteiger partial charge in [-0.2, -0.15) is 0 Å². The third kappa shape index (κ3) is 4.77. The monoisotopic (exact) mass is 399 g/mol. The van der Waals surface area contributed by atoms with Crippen molar-refractivity contribution in [3.05, 3.63) is 42.9 Å². The molecule has 3 heterocycles. The van der Waals surface area contributed by atoms with E-state index in [1.165, 1.54) is 15.4 Å². The summed E-state index contributed by atoms with van der Waals surface area (Å²) in [6.45, 7) is 10.8. The van der Waals surface area contributed by atoms with Gasteiger partial charge < -0.3 is 13.9 Å². The molecule has 154 valence electrons. The largest absolute Gasteiger partial charge is 0.443 e. The van der Waals surface area contributed by atoms with Crippen LogP contribution in [0.5, 0.6) is 0 Å². The molecule has 0 saturated heterocycles. The average Bonchev–Trinajstić information content (AvgIpc) is 3.30. The molecule has 0 saturated carbocycles. The van der Waals surface area contributed by atoms with Crippen molar-refractivity contribution < 1.29 is 23.5 Å². The summed E-state index contributed by atoms with van der Waals surface area (Å²) in [6.07, 6.45) is 3.56. The average molecular weight is 399 g/mol. The Balaban J connectivity index is 1.89. The van der Waals surface area contributed by atoms with E-state index in [2.05, 4.69) is 4.98 Å². The van der Waals surface area contributed by atoms with Crippen molar-refractivity contribution >= 4 is 12.2 Å². The van der Waals surface area contributed by atoms with Crippen LogP contribution in [0.4, 0.5) is 9.59 Å². The predicted molar refractivity (Wildman–Crippen MR) is 107 cm³/mol. The third-order valence-electron chi connectivity index (χ3n) is 3.66. The Morgan fingerprint density at radius 3 is 1.86 bits per heavy atom. The fraction of sp³-hybridized carbons (Fsp3) is 0.381. The first kappa shape index (κ1) is 20.4. The molecule has 3 aromatic heterocycles. The summed E-state index contributed by atoms with van der Waals surface area (Å²) in [5, 5.41) is 0. The van der Waals surface area contributed by atoms with Crippen LogP contribution < -0.4 is 0 Å². The highest BCUT2D eigenvalue weighted by Crippen LogP contribution is 2.27. The molecule has 0 aliphatic carbocycles. The van der Waals surface area contributed by atoms with Crippen LogP contribution >= 0.6 is 0 Å². The van der Waals surface area contributed by atoms with Gasteiger partial charge in [-0.3, -0.25) is 4.57 Å². The maximum Gasteiger partial charge on any atom is 0.419 e. The quantitative estimate of drug-likeness (QED) is 0.590. The normalized spacial score (nSPS) is 12.1. The fourth-order valence-corrected chi connectivity index (χ4v) is 2.59. The molecule has 0 amide bonds. The first-order valence-corrected chi connectivity index (χ1v) is 9.22. The molecule has 3 rings (SSSR count). The highest BCUT2D eigenvalue weighted by Gasteiger charge is 2.24. The summed E-state index contributed by atoms with van der Waals surface area (Å²) in [5.41, 5.74) is 0.148. The smallest absolute Gasteiger partial charge is 0.419 e. The molecule has 0 spiro atoms. The van der Waals surface area contributed by atoms with Crippen molar-refractivity contribution in [3.63, 3.8) is 0 Å². The number of oxazole rings is 1. The van der Waals surface area contributed by atoms with Crippen molar-refractivity contribution in [2.45, 2.75) is 52.7 Å². The number of carbonyl (C=O) groups is 2. The molecule has 29 heavy (non-hydrogen) atoms. The van der Waals surface area contributed by atoms with Gasteiger partial charge in [-0.05, 0) is 65.8 Å². The lowest BCUT2D eigenvalue weighted by Gasteiger charge is -2.20. The second kappa shape index (κ2) is 7.27. The van der Waals surface area contributed by atoms with Gasteiger partial charge in [-0.25, -0.2) is 19.1 Å². The van der Waals surface area contributed by atoms with E-state index >= 15 is 0 Å². The van der Waals surface area contributed by atoms with Crippen LogP contribution in [-0.2, 0) is 9.47 Å². The number of hydrogen-bond donors (Lipinski definition) is 0. The van der Waals surface area contributed by atoms with Gasteiger partial charge in [-0.1, -0.05) is 0 Å². The standard InChI is InChI=1S/C21H25N3O5/c1-20(2,3)28-18(25)23-11-7-9-15(23)14-13-27-17(22-14)16-10-8-12-24(16)19(26)29-21(4,5)6/h7-13H,1-6H3. The SMILES string of the molecule is CC(C)(C)OC(=O)n1cccc1-c1coc(-c2cccn2C(=O)OC(C)(C)C)n1. The number of rotatable bonds is 2. The number of carbonyl (C=O) groups excluding carboxylic acids is 2.